The van der Waals surface area contributed by atoms with Crippen LogP contribution >= 0.6 is 0 Å². The zero-order chi connectivity index (χ0) is 14.4. The van der Waals surface area contributed by atoms with Gasteiger partial charge in [0.15, 0.2) is 0 Å². The molecule has 18 heavy (non-hydrogen) atoms. The monoisotopic (exact) mass is 253 g/mol. The Morgan fingerprint density at radius 2 is 1.89 bits per heavy atom. The highest BCUT2D eigenvalue weighted by Crippen LogP contribution is 2.24. The number of nitriles is 1. The third-order valence-corrected chi connectivity index (χ3v) is 4.32. The maximum atomic E-state index is 9.25. The number of nitrogens with zero attached hydrogens (tertiary/aromatic N) is 2. The van der Waals surface area contributed by atoms with E-state index in [1.54, 1.807) is 0 Å². The Kier molecular flexibility index (Phi) is 6.88. The van der Waals surface area contributed by atoms with Crippen molar-refractivity contribution in [2.24, 2.45) is 5.41 Å². The van der Waals surface area contributed by atoms with Crippen LogP contribution in [0.25, 0.3) is 0 Å². The lowest BCUT2D eigenvalue weighted by molar-refractivity contribution is 0.136. The molecule has 0 aliphatic rings. The largest absolute Gasteiger partial charge is 0.303 e. The second-order valence-corrected chi connectivity index (χ2v) is 6.42. The van der Waals surface area contributed by atoms with Gasteiger partial charge in [-0.1, -0.05) is 27.7 Å². The van der Waals surface area contributed by atoms with E-state index in [1.807, 2.05) is 7.05 Å². The minimum atomic E-state index is -0.341. The summed E-state index contributed by atoms with van der Waals surface area (Å²) in [5, 5.41) is 12.4. The molecule has 1 N–H and O–H groups in total. The topological polar surface area (TPSA) is 39.1 Å². The molecular formula is C15H31N3. The molecule has 0 saturated carbocycles. The van der Waals surface area contributed by atoms with Crippen LogP contribution in [0.5, 0.6) is 0 Å². The van der Waals surface area contributed by atoms with Gasteiger partial charge in [-0.25, -0.2) is 0 Å². The standard InChI is InChI=1S/C15H31N3/c1-8-15(12-16,17-6)10-9-11-18(7)13(2)14(3,4)5/h13,17H,8-11H2,1-7H3. The summed E-state index contributed by atoms with van der Waals surface area (Å²) in [4.78, 5) is 2.40. The van der Waals surface area contributed by atoms with Crippen LogP contribution in [-0.2, 0) is 0 Å². The lowest BCUT2D eigenvalue weighted by atomic mass is 9.86. The van der Waals surface area contributed by atoms with Crippen LogP contribution < -0.4 is 5.32 Å². The van der Waals surface area contributed by atoms with Crippen molar-refractivity contribution in [2.75, 3.05) is 20.6 Å². The zero-order valence-corrected chi connectivity index (χ0v) is 13.3. The molecule has 0 fully saturated rings. The van der Waals surface area contributed by atoms with Gasteiger partial charge >= 0.3 is 0 Å². The third-order valence-electron chi connectivity index (χ3n) is 4.32. The molecule has 0 aromatic heterocycles. The average molecular weight is 253 g/mol. The first-order chi connectivity index (χ1) is 8.22. The van der Waals surface area contributed by atoms with Gasteiger partial charge in [0.25, 0.3) is 0 Å². The first-order valence-corrected chi connectivity index (χ1v) is 7.03. The SMILES string of the molecule is CCC(C#N)(CCCN(C)C(C)C(C)(C)C)NC. The molecule has 3 nitrogen and oxygen atoms in total. The molecule has 0 aromatic rings. The highest BCUT2D eigenvalue weighted by molar-refractivity contribution is 5.05. The zero-order valence-electron chi connectivity index (χ0n) is 13.3. The molecule has 106 valence electrons. The molecule has 0 aliphatic carbocycles. The first kappa shape index (κ1) is 17.4. The number of hydrogen-bond donors (Lipinski definition) is 1. The molecular weight excluding hydrogens is 222 g/mol. The van der Waals surface area contributed by atoms with Gasteiger partial charge in [0, 0.05) is 6.04 Å². The van der Waals surface area contributed by atoms with E-state index in [2.05, 4.69) is 58.0 Å². The molecule has 0 bridgehead atoms. The van der Waals surface area contributed by atoms with Gasteiger partial charge in [0.1, 0.15) is 5.54 Å². The molecule has 2 unspecified atom stereocenters. The first-order valence-electron chi connectivity index (χ1n) is 7.03. The number of hydrogen-bond acceptors (Lipinski definition) is 3. The van der Waals surface area contributed by atoms with Gasteiger partial charge in [0.05, 0.1) is 6.07 Å². The number of nitrogens with one attached hydrogen (secondary N) is 1. The summed E-state index contributed by atoms with van der Waals surface area (Å²) in [6.45, 7) is 12.2. The molecule has 0 heterocycles. The maximum absolute atomic E-state index is 9.25. The summed E-state index contributed by atoms with van der Waals surface area (Å²) in [5.41, 5.74) is -0.0410. The molecule has 0 amide bonds. The number of rotatable bonds is 7. The average Bonchev–Trinajstić information content (AvgIpc) is 2.33. The van der Waals surface area contributed by atoms with Crippen molar-refractivity contribution >= 4 is 0 Å². The van der Waals surface area contributed by atoms with E-state index in [-0.39, 0.29) is 5.54 Å². The smallest absolute Gasteiger partial charge is 0.106 e. The van der Waals surface area contributed by atoms with Crippen molar-refractivity contribution < 1.29 is 0 Å². The second kappa shape index (κ2) is 7.11. The minimum absolute atomic E-state index is 0.300. The summed E-state index contributed by atoms with van der Waals surface area (Å²) in [5.74, 6) is 0. The third kappa shape index (κ3) is 4.96. The van der Waals surface area contributed by atoms with Crippen LogP contribution in [0, 0.1) is 16.7 Å². The fourth-order valence-corrected chi connectivity index (χ4v) is 2.15. The van der Waals surface area contributed by atoms with Crippen LogP contribution in [0.3, 0.4) is 0 Å². The Hall–Kier alpha value is -0.590. The van der Waals surface area contributed by atoms with Crippen molar-refractivity contribution in [3.05, 3.63) is 0 Å². The Bertz CT molecular complexity index is 268. The molecule has 0 spiro atoms. The predicted octanol–water partition coefficient (Wildman–Crippen LogP) is 3.02. The Labute approximate surface area is 114 Å². The Morgan fingerprint density at radius 3 is 2.22 bits per heavy atom. The van der Waals surface area contributed by atoms with Crippen molar-refractivity contribution in [3.8, 4) is 6.07 Å². The van der Waals surface area contributed by atoms with Crippen molar-refractivity contribution in [1.29, 1.82) is 5.26 Å². The predicted molar refractivity (Wildman–Crippen MR) is 78.5 cm³/mol. The fraction of sp³-hybridized carbons (Fsp3) is 0.933. The van der Waals surface area contributed by atoms with Gasteiger partial charge in [0.2, 0.25) is 0 Å². The van der Waals surface area contributed by atoms with E-state index in [0.717, 1.165) is 25.8 Å². The lowest BCUT2D eigenvalue weighted by Crippen LogP contribution is -2.43. The van der Waals surface area contributed by atoms with Crippen LogP contribution in [-0.4, -0.2) is 37.1 Å². The molecule has 0 aliphatic heterocycles. The summed E-state index contributed by atoms with van der Waals surface area (Å²) < 4.78 is 0. The van der Waals surface area contributed by atoms with Gasteiger partial charge in [-0.05, 0) is 52.2 Å². The van der Waals surface area contributed by atoms with E-state index in [1.165, 1.54) is 0 Å². The molecule has 0 aromatic carbocycles. The van der Waals surface area contributed by atoms with E-state index < -0.39 is 0 Å². The molecule has 0 radical (unpaired) electrons. The van der Waals surface area contributed by atoms with Gasteiger partial charge < -0.3 is 10.2 Å². The normalized spacial score (nSPS) is 17.3. The van der Waals surface area contributed by atoms with Gasteiger partial charge in [-0.2, -0.15) is 5.26 Å². The van der Waals surface area contributed by atoms with Crippen molar-refractivity contribution in [1.82, 2.24) is 10.2 Å². The highest BCUT2D eigenvalue weighted by atomic mass is 15.1. The molecule has 0 rings (SSSR count). The van der Waals surface area contributed by atoms with Crippen LogP contribution in [0.4, 0.5) is 0 Å². The Balaban J connectivity index is 4.24. The fourth-order valence-electron chi connectivity index (χ4n) is 2.15. The molecule has 3 heteroatoms. The maximum Gasteiger partial charge on any atom is 0.106 e. The second-order valence-electron chi connectivity index (χ2n) is 6.42. The highest BCUT2D eigenvalue weighted by Gasteiger charge is 2.27. The van der Waals surface area contributed by atoms with E-state index in [0.29, 0.717) is 11.5 Å². The summed E-state index contributed by atoms with van der Waals surface area (Å²) >= 11 is 0. The van der Waals surface area contributed by atoms with E-state index in [4.69, 9.17) is 0 Å². The van der Waals surface area contributed by atoms with Gasteiger partial charge in [-0.15, -0.1) is 0 Å². The van der Waals surface area contributed by atoms with Gasteiger partial charge in [-0.3, -0.25) is 0 Å². The van der Waals surface area contributed by atoms with Crippen molar-refractivity contribution in [3.63, 3.8) is 0 Å². The van der Waals surface area contributed by atoms with Crippen molar-refractivity contribution in [2.45, 2.75) is 65.5 Å². The van der Waals surface area contributed by atoms with Crippen LogP contribution in [0.15, 0.2) is 0 Å². The van der Waals surface area contributed by atoms with E-state index in [9.17, 15) is 5.26 Å². The molecule has 2 atom stereocenters. The van der Waals surface area contributed by atoms with Crippen LogP contribution in [0.2, 0.25) is 0 Å². The van der Waals surface area contributed by atoms with Crippen LogP contribution in [0.1, 0.15) is 53.9 Å². The summed E-state index contributed by atoms with van der Waals surface area (Å²) in [6, 6.07) is 2.96. The summed E-state index contributed by atoms with van der Waals surface area (Å²) in [6.07, 6.45) is 2.83. The lowest BCUT2D eigenvalue weighted by Gasteiger charge is -2.36. The van der Waals surface area contributed by atoms with E-state index >= 15 is 0 Å². The molecule has 0 saturated heterocycles. The Morgan fingerprint density at radius 1 is 1.33 bits per heavy atom. The quantitative estimate of drug-likeness (QED) is 0.758. The summed E-state index contributed by atoms with van der Waals surface area (Å²) in [7, 11) is 4.06. The minimum Gasteiger partial charge on any atom is -0.303 e.